The summed E-state index contributed by atoms with van der Waals surface area (Å²) >= 11 is 0. The van der Waals surface area contributed by atoms with E-state index in [0.29, 0.717) is 23.9 Å². The predicted molar refractivity (Wildman–Crippen MR) is 53.8 cm³/mol. The fraction of sp³-hybridized carbons (Fsp3) is 0.833. The maximum atomic E-state index is 9.87. The zero-order chi connectivity index (χ0) is 9.71. The van der Waals surface area contributed by atoms with E-state index >= 15 is 0 Å². The Bertz CT molecular complexity index is 259. The number of aliphatic hydroxyl groups is 1. The fourth-order valence-electron chi connectivity index (χ4n) is 3.93. The summed E-state index contributed by atoms with van der Waals surface area (Å²) in [4.78, 5) is 0. The van der Waals surface area contributed by atoms with Gasteiger partial charge in [-0.05, 0) is 37.5 Å². The number of hydrogen-bond acceptors (Lipinski definition) is 2. The van der Waals surface area contributed by atoms with Crippen LogP contribution in [0.25, 0.3) is 0 Å². The number of hydrogen-bond donors (Lipinski definition) is 1. The van der Waals surface area contributed by atoms with Crippen LogP contribution < -0.4 is 0 Å². The second-order valence-electron chi connectivity index (χ2n) is 4.92. The van der Waals surface area contributed by atoms with E-state index < -0.39 is 0 Å². The highest BCUT2D eigenvalue weighted by Gasteiger charge is 2.55. The van der Waals surface area contributed by atoms with Crippen LogP contribution in [0.15, 0.2) is 12.2 Å². The monoisotopic (exact) mass is 194 g/mol. The smallest absolute Gasteiger partial charge is 0.0758 e. The van der Waals surface area contributed by atoms with Gasteiger partial charge in [0.15, 0.2) is 0 Å². The largest absolute Gasteiger partial charge is 0.389 e. The van der Waals surface area contributed by atoms with E-state index in [1.54, 1.807) is 0 Å². The summed E-state index contributed by atoms with van der Waals surface area (Å²) in [6, 6.07) is 0. The van der Waals surface area contributed by atoms with Crippen molar-refractivity contribution < 1.29 is 9.84 Å². The lowest BCUT2D eigenvalue weighted by atomic mass is 9.79. The highest BCUT2D eigenvalue weighted by atomic mass is 16.5. The molecule has 0 amide bonds. The molecule has 0 aromatic carbocycles. The Balaban J connectivity index is 1.79. The highest BCUT2D eigenvalue weighted by Crippen LogP contribution is 2.57. The molecule has 0 radical (unpaired) electrons. The van der Waals surface area contributed by atoms with Gasteiger partial charge in [0.2, 0.25) is 0 Å². The van der Waals surface area contributed by atoms with Crippen LogP contribution in [0.4, 0.5) is 0 Å². The molecule has 78 valence electrons. The summed E-state index contributed by atoms with van der Waals surface area (Å²) in [6.07, 6.45) is 6.96. The van der Waals surface area contributed by atoms with E-state index in [4.69, 9.17) is 4.74 Å². The third-order valence-electron chi connectivity index (χ3n) is 4.38. The van der Waals surface area contributed by atoms with Crippen molar-refractivity contribution >= 4 is 0 Å². The van der Waals surface area contributed by atoms with E-state index in [9.17, 15) is 5.11 Å². The van der Waals surface area contributed by atoms with Crippen molar-refractivity contribution in [1.29, 1.82) is 0 Å². The molecule has 2 nitrogen and oxygen atoms in total. The third-order valence-corrected chi connectivity index (χ3v) is 4.38. The minimum atomic E-state index is -0.196. The second kappa shape index (κ2) is 3.07. The van der Waals surface area contributed by atoms with Crippen LogP contribution in [0, 0.1) is 23.7 Å². The van der Waals surface area contributed by atoms with E-state index in [1.807, 2.05) is 6.08 Å². The van der Waals surface area contributed by atoms with E-state index in [1.165, 1.54) is 12.8 Å². The number of ether oxygens (including phenoxy) is 1. The van der Waals surface area contributed by atoms with Crippen LogP contribution in [0.1, 0.15) is 19.8 Å². The Morgan fingerprint density at radius 3 is 3.00 bits per heavy atom. The van der Waals surface area contributed by atoms with Crippen LogP contribution in [0.2, 0.25) is 0 Å². The molecule has 6 unspecified atom stereocenters. The molecule has 3 aliphatic rings. The van der Waals surface area contributed by atoms with Crippen LogP contribution >= 0.6 is 0 Å². The predicted octanol–water partition coefficient (Wildman–Crippen LogP) is 1.59. The number of allylic oxidation sites excluding steroid dienone is 1. The molecule has 14 heavy (non-hydrogen) atoms. The van der Waals surface area contributed by atoms with Crippen LogP contribution in [-0.2, 0) is 4.74 Å². The zero-order valence-corrected chi connectivity index (χ0v) is 8.60. The quantitative estimate of drug-likeness (QED) is 0.676. The van der Waals surface area contributed by atoms with Crippen molar-refractivity contribution in [1.82, 2.24) is 0 Å². The highest BCUT2D eigenvalue weighted by molar-refractivity contribution is 5.18. The molecule has 0 aliphatic heterocycles. The molecule has 0 aromatic rings. The van der Waals surface area contributed by atoms with Gasteiger partial charge in [0.05, 0.1) is 12.2 Å². The molecule has 3 aliphatic carbocycles. The first-order valence-electron chi connectivity index (χ1n) is 5.79. The standard InChI is InChI=1S/C12H18O2/c1-2-14-11-6-7-5-9(11)12-8(7)3-4-10(12)13/h3-4,7-13H,2,5-6H2,1H3. The average Bonchev–Trinajstić information content (AvgIpc) is 2.78. The van der Waals surface area contributed by atoms with Crippen LogP contribution in [0.3, 0.4) is 0 Å². The molecule has 0 heterocycles. The van der Waals surface area contributed by atoms with Crippen LogP contribution in [-0.4, -0.2) is 23.9 Å². The van der Waals surface area contributed by atoms with Gasteiger partial charge in [0.25, 0.3) is 0 Å². The Hall–Kier alpha value is -0.340. The van der Waals surface area contributed by atoms with Gasteiger partial charge >= 0.3 is 0 Å². The lowest BCUT2D eigenvalue weighted by molar-refractivity contribution is -0.0243. The fourth-order valence-corrected chi connectivity index (χ4v) is 3.93. The molecule has 6 atom stereocenters. The van der Waals surface area contributed by atoms with Gasteiger partial charge in [0, 0.05) is 12.5 Å². The Morgan fingerprint density at radius 1 is 1.36 bits per heavy atom. The summed E-state index contributed by atoms with van der Waals surface area (Å²) in [5.74, 6) is 2.54. The Labute approximate surface area is 85.0 Å². The van der Waals surface area contributed by atoms with E-state index in [2.05, 4.69) is 13.0 Å². The Morgan fingerprint density at radius 2 is 2.21 bits per heavy atom. The summed E-state index contributed by atoms with van der Waals surface area (Å²) in [7, 11) is 0. The minimum Gasteiger partial charge on any atom is -0.389 e. The van der Waals surface area contributed by atoms with Gasteiger partial charge in [-0.3, -0.25) is 0 Å². The van der Waals surface area contributed by atoms with Crippen molar-refractivity contribution in [3.8, 4) is 0 Å². The van der Waals surface area contributed by atoms with Gasteiger partial charge in [-0.25, -0.2) is 0 Å². The average molecular weight is 194 g/mol. The molecular formula is C12H18O2. The molecular weight excluding hydrogens is 176 g/mol. The molecule has 0 saturated heterocycles. The van der Waals surface area contributed by atoms with Crippen molar-refractivity contribution in [3.05, 3.63) is 12.2 Å². The first-order valence-corrected chi connectivity index (χ1v) is 5.79. The number of fused-ring (bicyclic) bond motifs is 5. The SMILES string of the molecule is CCOC1CC2CC1C1C(O)C=CC21. The van der Waals surface area contributed by atoms with Gasteiger partial charge in [-0.2, -0.15) is 0 Å². The first-order chi connectivity index (χ1) is 6.81. The maximum Gasteiger partial charge on any atom is 0.0758 e. The molecule has 2 bridgehead atoms. The van der Waals surface area contributed by atoms with Gasteiger partial charge in [-0.1, -0.05) is 12.2 Å². The molecule has 1 N–H and O–H groups in total. The van der Waals surface area contributed by atoms with Gasteiger partial charge in [0.1, 0.15) is 0 Å². The summed E-state index contributed by atoms with van der Waals surface area (Å²) in [6.45, 7) is 2.88. The lowest BCUT2D eigenvalue weighted by Crippen LogP contribution is -2.35. The maximum absolute atomic E-state index is 9.87. The van der Waals surface area contributed by atoms with Crippen molar-refractivity contribution in [3.63, 3.8) is 0 Å². The van der Waals surface area contributed by atoms with E-state index in [-0.39, 0.29) is 6.10 Å². The molecule has 0 aromatic heterocycles. The van der Waals surface area contributed by atoms with Crippen molar-refractivity contribution in [2.24, 2.45) is 23.7 Å². The molecule has 2 fully saturated rings. The minimum absolute atomic E-state index is 0.196. The molecule has 2 saturated carbocycles. The number of rotatable bonds is 2. The topological polar surface area (TPSA) is 29.5 Å². The summed E-state index contributed by atoms with van der Waals surface area (Å²) in [5, 5.41) is 9.87. The molecule has 2 heteroatoms. The third kappa shape index (κ3) is 1.04. The van der Waals surface area contributed by atoms with E-state index in [0.717, 1.165) is 12.5 Å². The van der Waals surface area contributed by atoms with Gasteiger partial charge < -0.3 is 9.84 Å². The van der Waals surface area contributed by atoms with Crippen molar-refractivity contribution in [2.45, 2.75) is 32.0 Å². The van der Waals surface area contributed by atoms with Crippen LogP contribution in [0.5, 0.6) is 0 Å². The number of aliphatic hydroxyl groups excluding tert-OH is 1. The normalized spacial score (nSPS) is 54.1. The first kappa shape index (κ1) is 8.93. The lowest BCUT2D eigenvalue weighted by Gasteiger charge is -2.32. The summed E-state index contributed by atoms with van der Waals surface area (Å²) < 4.78 is 5.75. The summed E-state index contributed by atoms with van der Waals surface area (Å²) in [5.41, 5.74) is 0. The zero-order valence-electron chi connectivity index (χ0n) is 8.60. The van der Waals surface area contributed by atoms with Crippen molar-refractivity contribution in [2.75, 3.05) is 6.61 Å². The van der Waals surface area contributed by atoms with Gasteiger partial charge in [-0.15, -0.1) is 0 Å². The molecule has 0 spiro atoms. The Kier molecular flexibility index (Phi) is 1.96. The molecule has 3 rings (SSSR count). The second-order valence-corrected chi connectivity index (χ2v) is 4.92.